The normalized spacial score (nSPS) is 11.0. The van der Waals surface area contributed by atoms with E-state index in [1.165, 1.54) is 24.3 Å². The van der Waals surface area contributed by atoms with Gasteiger partial charge in [-0.1, -0.05) is 60.7 Å². The highest BCUT2D eigenvalue weighted by Crippen LogP contribution is 2.29. The van der Waals surface area contributed by atoms with Crippen LogP contribution in [0.25, 0.3) is 0 Å². The number of benzene rings is 4. The Morgan fingerprint density at radius 1 is 0.714 bits per heavy atom. The van der Waals surface area contributed by atoms with Gasteiger partial charge in [0.1, 0.15) is 11.5 Å². The molecule has 0 aliphatic carbocycles. The van der Waals surface area contributed by atoms with E-state index in [2.05, 4.69) is 10.0 Å². The molecule has 0 radical (unpaired) electrons. The Morgan fingerprint density at radius 2 is 1.34 bits per heavy atom. The first kappa shape index (κ1) is 24.0. The molecule has 0 aliphatic rings. The number of carbonyl (C=O) groups excluding carboxylic acids is 1. The number of para-hydroxylation sites is 3. The molecule has 35 heavy (non-hydrogen) atoms. The Hall–Kier alpha value is -4.14. The van der Waals surface area contributed by atoms with Crippen LogP contribution in [0.5, 0.6) is 17.2 Å². The molecule has 0 fully saturated rings. The Labute approximate surface area is 204 Å². The monoisotopic (exact) mass is 488 g/mol. The van der Waals surface area contributed by atoms with Crippen LogP contribution >= 0.6 is 0 Å². The third-order valence-corrected chi connectivity index (χ3v) is 6.36. The van der Waals surface area contributed by atoms with Gasteiger partial charge in [0.05, 0.1) is 10.6 Å². The van der Waals surface area contributed by atoms with Gasteiger partial charge in [-0.25, -0.2) is 13.1 Å². The van der Waals surface area contributed by atoms with E-state index < -0.39 is 10.0 Å². The number of anilines is 1. The van der Waals surface area contributed by atoms with E-state index >= 15 is 0 Å². The number of sulfonamides is 1. The zero-order chi connectivity index (χ0) is 24.5. The summed E-state index contributed by atoms with van der Waals surface area (Å²) in [6.45, 7) is -0.0604. The first-order chi connectivity index (χ1) is 17.0. The van der Waals surface area contributed by atoms with Crippen LogP contribution in [0.15, 0.2) is 114 Å². The van der Waals surface area contributed by atoms with Gasteiger partial charge in [0, 0.05) is 6.54 Å². The lowest BCUT2D eigenvalue weighted by Crippen LogP contribution is -2.23. The molecule has 2 N–H and O–H groups in total. The van der Waals surface area contributed by atoms with Crippen molar-refractivity contribution in [1.29, 1.82) is 0 Å². The van der Waals surface area contributed by atoms with Crippen molar-refractivity contribution in [1.82, 2.24) is 4.72 Å². The summed E-state index contributed by atoms with van der Waals surface area (Å²) in [6, 6.07) is 31.5. The van der Waals surface area contributed by atoms with E-state index in [-0.39, 0.29) is 24.0 Å². The summed E-state index contributed by atoms with van der Waals surface area (Å²) in [4.78, 5) is 12.5. The summed E-state index contributed by atoms with van der Waals surface area (Å²) < 4.78 is 39.0. The molecule has 0 atom stereocenters. The summed E-state index contributed by atoms with van der Waals surface area (Å²) >= 11 is 0. The lowest BCUT2D eigenvalue weighted by atomic mass is 10.2. The average molecular weight is 489 g/mol. The molecule has 0 aliphatic heterocycles. The fraction of sp³-hybridized carbons (Fsp3) is 0.0741. The largest absolute Gasteiger partial charge is 0.484 e. The second kappa shape index (κ2) is 11.3. The minimum atomic E-state index is -3.68. The molecule has 4 aromatic rings. The first-order valence-electron chi connectivity index (χ1n) is 10.9. The molecule has 1 amide bonds. The van der Waals surface area contributed by atoms with Gasteiger partial charge in [-0.15, -0.1) is 0 Å². The zero-order valence-corrected chi connectivity index (χ0v) is 19.6. The van der Waals surface area contributed by atoms with Crippen molar-refractivity contribution in [3.63, 3.8) is 0 Å². The molecule has 0 spiro atoms. The first-order valence-corrected chi connectivity index (χ1v) is 12.4. The number of hydrogen-bond donors (Lipinski definition) is 2. The number of hydrogen-bond acceptors (Lipinski definition) is 5. The van der Waals surface area contributed by atoms with Gasteiger partial charge in [-0.05, 0) is 54.1 Å². The summed E-state index contributed by atoms with van der Waals surface area (Å²) in [5, 5.41) is 2.77. The van der Waals surface area contributed by atoms with Crippen molar-refractivity contribution in [2.75, 3.05) is 11.9 Å². The van der Waals surface area contributed by atoms with E-state index in [4.69, 9.17) is 9.47 Å². The summed E-state index contributed by atoms with van der Waals surface area (Å²) in [5.74, 6) is 1.15. The maximum absolute atomic E-state index is 12.5. The maximum atomic E-state index is 12.5. The summed E-state index contributed by atoms with van der Waals surface area (Å²) in [5.41, 5.74) is 1.37. The third-order valence-electron chi connectivity index (χ3n) is 4.95. The number of carbonyl (C=O) groups is 1. The highest BCUT2D eigenvalue weighted by atomic mass is 32.2. The van der Waals surface area contributed by atoms with Crippen LogP contribution in [0, 0.1) is 0 Å². The number of rotatable bonds is 10. The second-order valence-corrected chi connectivity index (χ2v) is 9.30. The van der Waals surface area contributed by atoms with Gasteiger partial charge in [-0.3, -0.25) is 4.79 Å². The van der Waals surface area contributed by atoms with Gasteiger partial charge >= 0.3 is 0 Å². The molecule has 0 heterocycles. The standard InChI is InChI=1S/C27H24N2O5S/c30-27(29-25-13-7-8-14-26(25)34-23-11-5-2-6-12-23)20-33-22-15-17-24(18-16-22)35(31,32)28-19-21-9-3-1-4-10-21/h1-18,28H,19-20H2,(H,29,30). The fourth-order valence-electron chi connectivity index (χ4n) is 3.18. The molecule has 0 aromatic heterocycles. The molecular weight excluding hydrogens is 464 g/mol. The SMILES string of the molecule is O=C(COc1ccc(S(=O)(=O)NCc2ccccc2)cc1)Nc1ccccc1Oc1ccccc1. The van der Waals surface area contributed by atoms with Gasteiger partial charge in [-0.2, -0.15) is 0 Å². The van der Waals surface area contributed by atoms with Crippen LogP contribution in [-0.2, 0) is 21.4 Å². The van der Waals surface area contributed by atoms with Crippen molar-refractivity contribution in [3.8, 4) is 17.2 Å². The highest BCUT2D eigenvalue weighted by Gasteiger charge is 2.14. The minimum Gasteiger partial charge on any atom is -0.484 e. The molecule has 0 saturated heterocycles. The fourth-order valence-corrected chi connectivity index (χ4v) is 4.20. The topological polar surface area (TPSA) is 93.7 Å². The molecule has 178 valence electrons. The molecule has 4 aromatic carbocycles. The smallest absolute Gasteiger partial charge is 0.262 e. The zero-order valence-electron chi connectivity index (χ0n) is 18.8. The molecule has 0 bridgehead atoms. The van der Waals surface area contributed by atoms with E-state index in [0.717, 1.165) is 5.56 Å². The Kier molecular flexibility index (Phi) is 7.77. The van der Waals surface area contributed by atoms with Crippen LogP contribution < -0.4 is 19.5 Å². The van der Waals surface area contributed by atoms with Crippen LogP contribution in [-0.4, -0.2) is 20.9 Å². The van der Waals surface area contributed by atoms with Crippen molar-refractivity contribution < 1.29 is 22.7 Å². The summed E-state index contributed by atoms with van der Waals surface area (Å²) in [6.07, 6.45) is 0. The molecule has 4 rings (SSSR count). The number of ether oxygens (including phenoxy) is 2. The van der Waals surface area contributed by atoms with E-state index in [0.29, 0.717) is 22.9 Å². The Balaban J connectivity index is 1.31. The van der Waals surface area contributed by atoms with Crippen LogP contribution in [0.1, 0.15) is 5.56 Å². The minimum absolute atomic E-state index is 0.109. The second-order valence-electron chi connectivity index (χ2n) is 7.53. The van der Waals surface area contributed by atoms with E-state index in [1.807, 2.05) is 66.7 Å². The van der Waals surface area contributed by atoms with Gasteiger partial charge in [0.25, 0.3) is 5.91 Å². The number of nitrogens with one attached hydrogen (secondary N) is 2. The lowest BCUT2D eigenvalue weighted by molar-refractivity contribution is -0.118. The third kappa shape index (κ3) is 6.92. The van der Waals surface area contributed by atoms with Gasteiger partial charge in [0.15, 0.2) is 12.4 Å². The lowest BCUT2D eigenvalue weighted by Gasteiger charge is -2.13. The molecule has 0 unspecified atom stereocenters. The van der Waals surface area contributed by atoms with Crippen molar-refractivity contribution >= 4 is 21.6 Å². The Bertz CT molecular complexity index is 1360. The van der Waals surface area contributed by atoms with Crippen molar-refractivity contribution in [2.45, 2.75) is 11.4 Å². The van der Waals surface area contributed by atoms with E-state index in [1.54, 1.807) is 18.2 Å². The predicted molar refractivity (Wildman–Crippen MR) is 134 cm³/mol. The molecular formula is C27H24N2O5S. The molecule has 7 nitrogen and oxygen atoms in total. The van der Waals surface area contributed by atoms with Crippen LogP contribution in [0.3, 0.4) is 0 Å². The predicted octanol–water partition coefficient (Wildman–Crippen LogP) is 4.97. The summed E-state index contributed by atoms with van der Waals surface area (Å²) in [7, 11) is -3.68. The Morgan fingerprint density at radius 3 is 2.06 bits per heavy atom. The van der Waals surface area contributed by atoms with Crippen LogP contribution in [0.4, 0.5) is 5.69 Å². The molecule has 8 heteroatoms. The highest BCUT2D eigenvalue weighted by molar-refractivity contribution is 7.89. The van der Waals surface area contributed by atoms with Crippen LogP contribution in [0.2, 0.25) is 0 Å². The quantitative estimate of drug-likeness (QED) is 0.329. The average Bonchev–Trinajstić information content (AvgIpc) is 2.89. The van der Waals surface area contributed by atoms with Crippen molar-refractivity contribution in [3.05, 3.63) is 115 Å². The molecule has 0 saturated carbocycles. The van der Waals surface area contributed by atoms with Gasteiger partial charge < -0.3 is 14.8 Å². The number of amides is 1. The van der Waals surface area contributed by atoms with Gasteiger partial charge in [0.2, 0.25) is 10.0 Å². The van der Waals surface area contributed by atoms with Crippen molar-refractivity contribution in [2.24, 2.45) is 0 Å². The maximum Gasteiger partial charge on any atom is 0.262 e. The van der Waals surface area contributed by atoms with E-state index in [9.17, 15) is 13.2 Å².